The molecule has 0 aromatic heterocycles. The van der Waals surface area contributed by atoms with Crippen molar-refractivity contribution in [3.8, 4) is 0 Å². The van der Waals surface area contributed by atoms with E-state index in [1.54, 1.807) is 26.0 Å². The topological polar surface area (TPSA) is 106 Å². The van der Waals surface area contributed by atoms with Crippen LogP contribution in [0.2, 0.25) is 0 Å². The van der Waals surface area contributed by atoms with Gasteiger partial charge in [-0.1, -0.05) is 37.9 Å². The first-order chi connectivity index (χ1) is 13.2. The average Bonchev–Trinajstić information content (AvgIpc) is 2.66. The third-order valence-corrected chi connectivity index (χ3v) is 6.04. The fourth-order valence-electron chi connectivity index (χ4n) is 2.45. The molecule has 0 aliphatic rings. The van der Waals surface area contributed by atoms with Gasteiger partial charge in [0.2, 0.25) is 5.91 Å². The Morgan fingerprint density at radius 1 is 1.11 bits per heavy atom. The van der Waals surface area contributed by atoms with Gasteiger partial charge in [0.1, 0.15) is 20.2 Å². The molecule has 0 spiro atoms. The summed E-state index contributed by atoms with van der Waals surface area (Å²) in [5.74, 6) is -0.560. The Bertz CT molecular complexity index is 676. The molecular formula is C18H31BN3O5P. The zero-order chi connectivity index (χ0) is 21.2. The van der Waals surface area contributed by atoms with Crippen LogP contribution in [-0.2, 0) is 18.4 Å². The highest BCUT2D eigenvalue weighted by Crippen LogP contribution is 2.46. The van der Waals surface area contributed by atoms with Crippen LogP contribution in [0, 0.1) is 5.92 Å². The van der Waals surface area contributed by atoms with E-state index in [1.807, 2.05) is 33.8 Å². The summed E-state index contributed by atoms with van der Waals surface area (Å²) < 4.78 is 22.9. The minimum atomic E-state index is -3.41. The minimum absolute atomic E-state index is 0.123. The summed E-state index contributed by atoms with van der Waals surface area (Å²) in [7, 11) is -1.45. The number of carbonyl (C=O) groups excluding carboxylic acids is 2. The molecule has 0 saturated heterocycles. The maximum Gasteiger partial charge on any atom is 0.349 e. The predicted molar refractivity (Wildman–Crippen MR) is 114 cm³/mol. The Kier molecular flexibility index (Phi) is 10.3. The van der Waals surface area contributed by atoms with E-state index in [-0.39, 0.29) is 25.4 Å². The van der Waals surface area contributed by atoms with Crippen LogP contribution in [0.4, 0.5) is 10.5 Å². The molecule has 8 nitrogen and oxygen atoms in total. The van der Waals surface area contributed by atoms with Gasteiger partial charge in [0, 0.05) is 5.69 Å². The normalized spacial score (nSPS) is 13.4. The maximum absolute atomic E-state index is 12.6. The van der Waals surface area contributed by atoms with Crippen LogP contribution in [0.5, 0.6) is 0 Å². The van der Waals surface area contributed by atoms with Crippen LogP contribution in [0.3, 0.4) is 0 Å². The van der Waals surface area contributed by atoms with Crippen LogP contribution in [0.15, 0.2) is 24.3 Å². The van der Waals surface area contributed by atoms with Gasteiger partial charge in [0.15, 0.2) is 0 Å². The molecule has 1 aromatic carbocycles. The number of carbonyl (C=O) groups is 2. The third-order valence-electron chi connectivity index (χ3n) is 4.19. The van der Waals surface area contributed by atoms with Gasteiger partial charge in [-0.2, -0.15) is 0 Å². The molecule has 3 N–H and O–H groups in total. The van der Waals surface area contributed by atoms with Crippen LogP contribution in [0.1, 0.15) is 34.1 Å². The molecule has 2 atom stereocenters. The summed E-state index contributed by atoms with van der Waals surface area (Å²) in [6.45, 7) is 7.61. The van der Waals surface area contributed by atoms with E-state index < -0.39 is 25.6 Å². The van der Waals surface area contributed by atoms with Crippen molar-refractivity contribution >= 4 is 38.5 Å². The second-order valence-electron chi connectivity index (χ2n) is 6.47. The predicted octanol–water partition coefficient (Wildman–Crippen LogP) is 1.82. The fourth-order valence-corrected chi connectivity index (χ4v) is 3.85. The highest BCUT2D eigenvalue weighted by atomic mass is 31.2. The van der Waals surface area contributed by atoms with Gasteiger partial charge in [0.05, 0.1) is 13.2 Å². The fraction of sp³-hybridized carbons (Fsp3) is 0.556. The number of hydrogen-bond acceptors (Lipinski definition) is 5. The van der Waals surface area contributed by atoms with Crippen molar-refractivity contribution in [2.24, 2.45) is 5.92 Å². The molecule has 0 aliphatic heterocycles. The van der Waals surface area contributed by atoms with E-state index in [0.717, 1.165) is 5.46 Å². The van der Waals surface area contributed by atoms with Crippen LogP contribution in [0.25, 0.3) is 0 Å². The molecule has 0 bridgehead atoms. The van der Waals surface area contributed by atoms with E-state index in [0.29, 0.717) is 12.1 Å². The van der Waals surface area contributed by atoms with Crippen molar-refractivity contribution in [1.82, 2.24) is 10.6 Å². The van der Waals surface area contributed by atoms with Gasteiger partial charge in [-0.15, -0.1) is 0 Å². The first-order valence-corrected chi connectivity index (χ1v) is 11.3. The first-order valence-electron chi connectivity index (χ1n) is 9.54. The maximum atomic E-state index is 12.6. The molecule has 3 amide bonds. The Labute approximate surface area is 168 Å². The second kappa shape index (κ2) is 11.9. The van der Waals surface area contributed by atoms with E-state index in [2.05, 4.69) is 16.0 Å². The second-order valence-corrected chi connectivity index (χ2v) is 8.53. The molecule has 0 fully saturated rings. The molecule has 0 heterocycles. The molecule has 1 aromatic rings. The SMILES string of the molecule is Bc1ccc(NC(=O)N[C@H](C(=O)NCP(=O)(OCC)OCC)[C@@H](C)CC)cc1. The number of urea groups is 1. The molecule has 0 aliphatic carbocycles. The number of nitrogens with one attached hydrogen (secondary N) is 3. The number of rotatable bonds is 11. The average molecular weight is 411 g/mol. The lowest BCUT2D eigenvalue weighted by Gasteiger charge is -2.25. The Balaban J connectivity index is 2.75. The molecule has 1 rings (SSSR count). The number of anilines is 1. The molecule has 28 heavy (non-hydrogen) atoms. The summed E-state index contributed by atoms with van der Waals surface area (Å²) in [6.07, 6.45) is 0.430. The van der Waals surface area contributed by atoms with Crippen molar-refractivity contribution in [1.29, 1.82) is 0 Å². The molecule has 0 saturated carbocycles. The van der Waals surface area contributed by atoms with Crippen molar-refractivity contribution in [3.63, 3.8) is 0 Å². The summed E-state index contributed by atoms with van der Waals surface area (Å²) in [6, 6.07) is 6.07. The Morgan fingerprint density at radius 2 is 1.68 bits per heavy atom. The first kappa shape index (κ1) is 24.2. The van der Waals surface area contributed by atoms with Gasteiger partial charge in [-0.25, -0.2) is 4.79 Å². The van der Waals surface area contributed by atoms with E-state index >= 15 is 0 Å². The van der Waals surface area contributed by atoms with Crippen LogP contribution >= 0.6 is 7.60 Å². The van der Waals surface area contributed by atoms with Crippen LogP contribution < -0.4 is 21.4 Å². The molecule has 0 radical (unpaired) electrons. The lowest BCUT2D eigenvalue weighted by Crippen LogP contribution is -2.51. The minimum Gasteiger partial charge on any atom is -0.343 e. The van der Waals surface area contributed by atoms with Gasteiger partial charge in [-0.3, -0.25) is 9.36 Å². The number of benzene rings is 1. The molecule has 10 heteroatoms. The van der Waals surface area contributed by atoms with E-state index in [1.165, 1.54) is 0 Å². The largest absolute Gasteiger partial charge is 0.349 e. The van der Waals surface area contributed by atoms with Crippen molar-refractivity contribution in [3.05, 3.63) is 24.3 Å². The third kappa shape index (κ3) is 8.04. The zero-order valence-corrected chi connectivity index (χ0v) is 18.2. The molecule has 156 valence electrons. The van der Waals surface area contributed by atoms with Crippen LogP contribution in [-0.4, -0.2) is 45.3 Å². The Morgan fingerprint density at radius 3 is 2.18 bits per heavy atom. The van der Waals surface area contributed by atoms with Crippen molar-refractivity contribution in [2.45, 2.75) is 40.2 Å². The summed E-state index contributed by atoms with van der Waals surface area (Å²) in [4.78, 5) is 25.0. The smallest absolute Gasteiger partial charge is 0.343 e. The summed E-state index contributed by atoms with van der Waals surface area (Å²) >= 11 is 0. The standard InChI is InChI=1S/C18H31BN3O5P/c1-5-13(4)16(17(23)20-12-28(25,26-6-2)27-7-3)22-18(24)21-15-10-8-14(19)9-11-15/h8-11,13,16H,5-7,12,19H2,1-4H3,(H,20,23)(H2,21,22,24)/t13-,16-/m0/s1. The zero-order valence-electron chi connectivity index (χ0n) is 17.3. The van der Waals surface area contributed by atoms with Gasteiger partial charge in [-0.05, 0) is 31.9 Å². The highest BCUT2D eigenvalue weighted by Gasteiger charge is 2.30. The van der Waals surface area contributed by atoms with Gasteiger partial charge in [0.25, 0.3) is 0 Å². The molecular weight excluding hydrogens is 380 g/mol. The number of amides is 3. The monoisotopic (exact) mass is 411 g/mol. The van der Waals surface area contributed by atoms with Gasteiger partial charge < -0.3 is 25.0 Å². The lowest BCUT2D eigenvalue weighted by atomic mass is 9.96. The summed E-state index contributed by atoms with van der Waals surface area (Å²) in [5, 5.41) is 8.00. The van der Waals surface area contributed by atoms with E-state index in [9.17, 15) is 14.2 Å². The summed E-state index contributed by atoms with van der Waals surface area (Å²) in [5.41, 5.74) is 1.71. The molecule has 0 unspecified atom stereocenters. The van der Waals surface area contributed by atoms with Gasteiger partial charge >= 0.3 is 13.6 Å². The van der Waals surface area contributed by atoms with E-state index in [4.69, 9.17) is 9.05 Å². The van der Waals surface area contributed by atoms with Crippen molar-refractivity contribution < 1.29 is 23.2 Å². The lowest BCUT2D eigenvalue weighted by molar-refractivity contribution is -0.123. The Hall–Kier alpha value is -1.83. The highest BCUT2D eigenvalue weighted by molar-refractivity contribution is 7.53. The number of hydrogen-bond donors (Lipinski definition) is 3. The quantitative estimate of drug-likeness (QED) is 0.381. The van der Waals surface area contributed by atoms with Crippen molar-refractivity contribution in [2.75, 3.05) is 24.8 Å².